The lowest BCUT2D eigenvalue weighted by Crippen LogP contribution is -2.02. The highest BCUT2D eigenvalue weighted by Gasteiger charge is 2.05. The van der Waals surface area contributed by atoms with Crippen LogP contribution in [-0.2, 0) is 0 Å². The van der Waals surface area contributed by atoms with E-state index in [9.17, 15) is 5.11 Å². The molecule has 2 aromatic rings. The Kier molecular flexibility index (Phi) is 5.57. The summed E-state index contributed by atoms with van der Waals surface area (Å²) < 4.78 is 0. The first kappa shape index (κ1) is 14.5. The molecule has 0 amide bonds. The maximum Gasteiger partial charge on any atom is 0.0540 e. The first-order valence-electron chi connectivity index (χ1n) is 7.30. The average molecular weight is 266 g/mol. The Bertz CT molecular complexity index is 487. The van der Waals surface area contributed by atoms with Crippen molar-refractivity contribution in [3.8, 4) is 0 Å². The van der Waals surface area contributed by atoms with Crippen molar-refractivity contribution < 1.29 is 5.11 Å². The Morgan fingerprint density at radius 1 is 0.950 bits per heavy atom. The molecule has 2 aromatic carbocycles. The lowest BCUT2D eigenvalue weighted by Gasteiger charge is -2.10. The first-order valence-corrected chi connectivity index (χ1v) is 7.30. The predicted octanol–water partition coefficient (Wildman–Crippen LogP) is 4.67. The Labute approximate surface area is 121 Å². The van der Waals surface area contributed by atoms with Crippen LogP contribution in [-0.4, -0.2) is 11.2 Å². The van der Waals surface area contributed by atoms with Crippen LogP contribution in [0.1, 0.15) is 37.3 Å². The Balaban J connectivity index is 2.24. The summed E-state index contributed by atoms with van der Waals surface area (Å²) in [6.45, 7) is 2.02. The van der Waals surface area contributed by atoms with Crippen molar-refractivity contribution in [3.63, 3.8) is 0 Å². The van der Waals surface area contributed by atoms with E-state index in [2.05, 4.69) is 54.6 Å². The van der Waals surface area contributed by atoms with E-state index in [1.165, 1.54) is 16.7 Å². The third-order valence-corrected chi connectivity index (χ3v) is 3.49. The van der Waals surface area contributed by atoms with Gasteiger partial charge in [0, 0.05) is 0 Å². The molecular weight excluding hydrogens is 244 g/mol. The van der Waals surface area contributed by atoms with Crippen LogP contribution in [0.4, 0.5) is 0 Å². The summed E-state index contributed by atoms with van der Waals surface area (Å²) in [4.78, 5) is 0. The number of aliphatic hydroxyl groups excluding tert-OH is 1. The molecular formula is C19H22O. The number of hydrogen-bond donors (Lipinski definition) is 1. The van der Waals surface area contributed by atoms with E-state index in [-0.39, 0.29) is 6.10 Å². The summed E-state index contributed by atoms with van der Waals surface area (Å²) in [5, 5.41) is 9.68. The largest absolute Gasteiger partial charge is 0.393 e. The molecule has 0 spiro atoms. The van der Waals surface area contributed by atoms with Crippen molar-refractivity contribution >= 4 is 5.57 Å². The fourth-order valence-electron chi connectivity index (χ4n) is 2.26. The normalized spacial score (nSPS) is 11.9. The number of allylic oxidation sites excluding steroid dienone is 1. The van der Waals surface area contributed by atoms with Crippen LogP contribution in [0, 0.1) is 0 Å². The molecule has 0 fully saturated rings. The topological polar surface area (TPSA) is 20.2 Å². The highest BCUT2D eigenvalue weighted by atomic mass is 16.3. The zero-order chi connectivity index (χ0) is 14.2. The second kappa shape index (κ2) is 7.66. The molecule has 1 unspecified atom stereocenters. The van der Waals surface area contributed by atoms with Crippen molar-refractivity contribution in [2.75, 3.05) is 0 Å². The molecule has 1 nitrogen and oxygen atoms in total. The van der Waals surface area contributed by atoms with Gasteiger partial charge >= 0.3 is 0 Å². The molecule has 0 aliphatic carbocycles. The van der Waals surface area contributed by atoms with Gasteiger partial charge in [-0.15, -0.1) is 0 Å². The monoisotopic (exact) mass is 266 g/mol. The summed E-state index contributed by atoms with van der Waals surface area (Å²) in [5.74, 6) is 0. The van der Waals surface area contributed by atoms with Crippen LogP contribution in [0.25, 0.3) is 5.57 Å². The number of aliphatic hydroxyl groups is 1. The predicted molar refractivity (Wildman–Crippen MR) is 85.5 cm³/mol. The third kappa shape index (κ3) is 4.07. The van der Waals surface area contributed by atoms with Crippen LogP contribution in [0.3, 0.4) is 0 Å². The average Bonchev–Trinajstić information content (AvgIpc) is 2.53. The Morgan fingerprint density at radius 2 is 1.45 bits per heavy atom. The van der Waals surface area contributed by atoms with Gasteiger partial charge in [-0.1, -0.05) is 73.7 Å². The fraction of sp³-hybridized carbons (Fsp3) is 0.263. The highest BCUT2D eigenvalue weighted by Crippen LogP contribution is 2.24. The van der Waals surface area contributed by atoms with E-state index in [1.807, 2.05) is 19.1 Å². The van der Waals surface area contributed by atoms with Crippen molar-refractivity contribution in [3.05, 3.63) is 77.9 Å². The van der Waals surface area contributed by atoms with Gasteiger partial charge in [-0.2, -0.15) is 0 Å². The second-order valence-electron chi connectivity index (χ2n) is 4.99. The summed E-state index contributed by atoms with van der Waals surface area (Å²) in [6, 6.07) is 20.9. The van der Waals surface area contributed by atoms with E-state index >= 15 is 0 Å². The van der Waals surface area contributed by atoms with Gasteiger partial charge in [0.2, 0.25) is 0 Å². The standard InChI is InChI=1S/C19H22O/c1-2-18(20)14-9-15-19(16-10-5-3-6-11-16)17-12-7-4-8-13-17/h3-8,10-13,15,18,20H,2,9,14H2,1H3. The van der Waals surface area contributed by atoms with Gasteiger partial charge in [0.1, 0.15) is 0 Å². The van der Waals surface area contributed by atoms with Crippen molar-refractivity contribution in [1.82, 2.24) is 0 Å². The zero-order valence-electron chi connectivity index (χ0n) is 12.0. The minimum absolute atomic E-state index is 0.195. The van der Waals surface area contributed by atoms with E-state index in [0.29, 0.717) is 0 Å². The van der Waals surface area contributed by atoms with Gasteiger partial charge in [0.15, 0.2) is 0 Å². The van der Waals surface area contributed by atoms with Crippen LogP contribution >= 0.6 is 0 Å². The maximum atomic E-state index is 9.68. The van der Waals surface area contributed by atoms with Gasteiger partial charge in [0.25, 0.3) is 0 Å². The summed E-state index contributed by atoms with van der Waals surface area (Å²) >= 11 is 0. The van der Waals surface area contributed by atoms with Crippen LogP contribution in [0.15, 0.2) is 66.7 Å². The van der Waals surface area contributed by atoms with Crippen molar-refractivity contribution in [1.29, 1.82) is 0 Å². The molecule has 1 heteroatoms. The van der Waals surface area contributed by atoms with E-state index in [4.69, 9.17) is 0 Å². The zero-order valence-corrected chi connectivity index (χ0v) is 12.0. The van der Waals surface area contributed by atoms with Crippen LogP contribution < -0.4 is 0 Å². The molecule has 0 aliphatic rings. The summed E-state index contributed by atoms with van der Waals surface area (Å²) in [5.41, 5.74) is 3.70. The van der Waals surface area contributed by atoms with E-state index < -0.39 is 0 Å². The van der Waals surface area contributed by atoms with Crippen molar-refractivity contribution in [2.24, 2.45) is 0 Å². The first-order chi connectivity index (χ1) is 9.81. The molecule has 0 saturated heterocycles. The van der Waals surface area contributed by atoms with Crippen LogP contribution in [0.5, 0.6) is 0 Å². The minimum atomic E-state index is -0.195. The summed E-state index contributed by atoms with van der Waals surface area (Å²) in [7, 11) is 0. The maximum absolute atomic E-state index is 9.68. The van der Waals surface area contributed by atoms with E-state index in [0.717, 1.165) is 19.3 Å². The fourth-order valence-corrected chi connectivity index (χ4v) is 2.26. The molecule has 0 heterocycles. The van der Waals surface area contributed by atoms with Crippen molar-refractivity contribution in [2.45, 2.75) is 32.3 Å². The molecule has 104 valence electrons. The van der Waals surface area contributed by atoms with Gasteiger partial charge in [-0.3, -0.25) is 0 Å². The smallest absolute Gasteiger partial charge is 0.0540 e. The number of hydrogen-bond acceptors (Lipinski definition) is 1. The van der Waals surface area contributed by atoms with Gasteiger partial charge in [0.05, 0.1) is 6.10 Å². The lowest BCUT2D eigenvalue weighted by molar-refractivity contribution is 0.161. The molecule has 0 aliphatic heterocycles. The molecule has 0 bridgehead atoms. The third-order valence-electron chi connectivity index (χ3n) is 3.49. The van der Waals surface area contributed by atoms with Gasteiger partial charge in [-0.05, 0) is 36.0 Å². The molecule has 2 rings (SSSR count). The molecule has 0 saturated carbocycles. The Hall–Kier alpha value is -1.86. The number of benzene rings is 2. The van der Waals surface area contributed by atoms with Gasteiger partial charge in [-0.25, -0.2) is 0 Å². The Morgan fingerprint density at radius 3 is 1.90 bits per heavy atom. The highest BCUT2D eigenvalue weighted by molar-refractivity contribution is 5.79. The molecule has 20 heavy (non-hydrogen) atoms. The molecule has 1 atom stereocenters. The molecule has 0 radical (unpaired) electrons. The quantitative estimate of drug-likeness (QED) is 0.805. The summed E-state index contributed by atoms with van der Waals surface area (Å²) in [6.07, 6.45) is 4.58. The minimum Gasteiger partial charge on any atom is -0.393 e. The molecule has 0 aromatic heterocycles. The van der Waals surface area contributed by atoms with Crippen LogP contribution in [0.2, 0.25) is 0 Å². The number of rotatable bonds is 6. The van der Waals surface area contributed by atoms with Gasteiger partial charge < -0.3 is 5.11 Å². The lowest BCUT2D eigenvalue weighted by atomic mass is 9.96. The van der Waals surface area contributed by atoms with E-state index in [1.54, 1.807) is 0 Å². The second-order valence-corrected chi connectivity index (χ2v) is 4.99. The molecule has 1 N–H and O–H groups in total. The SMILES string of the molecule is CCC(O)CCC=C(c1ccccc1)c1ccccc1.